The molecule has 0 amide bonds. The lowest BCUT2D eigenvalue weighted by atomic mass is 10.3. The number of para-hydroxylation sites is 1. The standard InChI is InChI=1S/C7H5IO2/c8-5-2-1-3-6-7(5)10-4-9-6/h1-3H,4H2. The zero-order valence-electron chi connectivity index (χ0n) is 5.13. The van der Waals surface area contributed by atoms with E-state index >= 15 is 0 Å². The van der Waals surface area contributed by atoms with Crippen LogP contribution in [-0.2, 0) is 0 Å². The van der Waals surface area contributed by atoms with Gasteiger partial charge >= 0.3 is 0 Å². The molecule has 10 heavy (non-hydrogen) atoms. The molecule has 0 aliphatic carbocycles. The van der Waals surface area contributed by atoms with Crippen LogP contribution in [0.5, 0.6) is 11.5 Å². The molecule has 2 nitrogen and oxygen atoms in total. The first-order valence-corrected chi connectivity index (χ1v) is 4.00. The van der Waals surface area contributed by atoms with E-state index in [9.17, 15) is 0 Å². The predicted molar refractivity (Wildman–Crippen MR) is 45.3 cm³/mol. The van der Waals surface area contributed by atoms with Crippen LogP contribution in [0.4, 0.5) is 0 Å². The van der Waals surface area contributed by atoms with Crippen LogP contribution in [0.25, 0.3) is 0 Å². The SMILES string of the molecule is Ic1cccc2c1OCO2. The second kappa shape index (κ2) is 2.30. The van der Waals surface area contributed by atoms with Crippen LogP contribution < -0.4 is 9.47 Å². The van der Waals surface area contributed by atoms with Crippen LogP contribution in [0.2, 0.25) is 0 Å². The Bertz CT molecular complexity index is 260. The van der Waals surface area contributed by atoms with Crippen LogP contribution in [0.15, 0.2) is 18.2 Å². The van der Waals surface area contributed by atoms with E-state index in [1.165, 1.54) is 0 Å². The lowest BCUT2D eigenvalue weighted by Crippen LogP contribution is -1.93. The molecule has 52 valence electrons. The number of hydrogen-bond donors (Lipinski definition) is 0. The average molecular weight is 248 g/mol. The summed E-state index contributed by atoms with van der Waals surface area (Å²) in [5.74, 6) is 1.73. The molecule has 3 heteroatoms. The molecule has 0 saturated heterocycles. The number of hydrogen-bond acceptors (Lipinski definition) is 2. The van der Waals surface area contributed by atoms with Gasteiger partial charge in [-0.15, -0.1) is 0 Å². The van der Waals surface area contributed by atoms with Crippen LogP contribution in [0.3, 0.4) is 0 Å². The second-order valence-corrected chi connectivity index (χ2v) is 3.14. The van der Waals surface area contributed by atoms with Gasteiger partial charge in [0.2, 0.25) is 6.79 Å². The highest BCUT2D eigenvalue weighted by molar-refractivity contribution is 14.1. The highest BCUT2D eigenvalue weighted by Gasteiger charge is 2.14. The van der Waals surface area contributed by atoms with Gasteiger partial charge in [-0.3, -0.25) is 0 Å². The third-order valence-electron chi connectivity index (χ3n) is 1.35. The molecule has 0 saturated carbocycles. The summed E-state index contributed by atoms with van der Waals surface area (Å²) in [5, 5.41) is 0. The molecule has 0 radical (unpaired) electrons. The van der Waals surface area contributed by atoms with Crippen LogP contribution in [0.1, 0.15) is 0 Å². The highest BCUT2D eigenvalue weighted by Crippen LogP contribution is 2.35. The van der Waals surface area contributed by atoms with Crippen molar-refractivity contribution in [3.63, 3.8) is 0 Å². The van der Waals surface area contributed by atoms with Gasteiger partial charge in [0, 0.05) is 0 Å². The third kappa shape index (κ3) is 0.847. The molecular formula is C7H5IO2. The summed E-state index contributed by atoms with van der Waals surface area (Å²) in [5.41, 5.74) is 0. The highest BCUT2D eigenvalue weighted by atomic mass is 127. The van der Waals surface area contributed by atoms with Crippen molar-refractivity contribution in [2.24, 2.45) is 0 Å². The Balaban J connectivity index is 2.59. The molecule has 0 N–H and O–H groups in total. The number of benzene rings is 1. The van der Waals surface area contributed by atoms with Gasteiger partial charge in [0.05, 0.1) is 3.57 Å². The summed E-state index contributed by atoms with van der Waals surface area (Å²) in [6.07, 6.45) is 0. The number of ether oxygens (including phenoxy) is 2. The van der Waals surface area contributed by atoms with Crippen molar-refractivity contribution in [2.75, 3.05) is 6.79 Å². The molecule has 0 atom stereocenters. The number of fused-ring (bicyclic) bond motifs is 1. The molecule has 1 aromatic rings. The molecule has 0 unspecified atom stereocenters. The van der Waals surface area contributed by atoms with Crippen molar-refractivity contribution in [3.8, 4) is 11.5 Å². The van der Waals surface area contributed by atoms with Gasteiger partial charge in [-0.2, -0.15) is 0 Å². The summed E-state index contributed by atoms with van der Waals surface area (Å²) < 4.78 is 11.5. The summed E-state index contributed by atoms with van der Waals surface area (Å²) in [7, 11) is 0. The van der Waals surface area contributed by atoms with E-state index in [4.69, 9.17) is 9.47 Å². The van der Waals surface area contributed by atoms with E-state index in [0.29, 0.717) is 6.79 Å². The van der Waals surface area contributed by atoms with E-state index in [1.54, 1.807) is 0 Å². The fourth-order valence-electron chi connectivity index (χ4n) is 0.895. The summed E-state index contributed by atoms with van der Waals surface area (Å²) in [4.78, 5) is 0. The molecule has 1 aliphatic rings. The fraction of sp³-hybridized carbons (Fsp3) is 0.143. The minimum Gasteiger partial charge on any atom is -0.454 e. The number of rotatable bonds is 0. The quantitative estimate of drug-likeness (QED) is 0.654. The molecule has 1 heterocycles. The minimum atomic E-state index is 0.356. The first-order valence-electron chi connectivity index (χ1n) is 2.92. The van der Waals surface area contributed by atoms with Crippen LogP contribution in [0, 0.1) is 3.57 Å². The Labute approximate surface area is 72.3 Å². The summed E-state index contributed by atoms with van der Waals surface area (Å²) in [6, 6.07) is 5.86. The topological polar surface area (TPSA) is 18.5 Å². The molecular weight excluding hydrogens is 243 g/mol. The van der Waals surface area contributed by atoms with Gasteiger partial charge < -0.3 is 9.47 Å². The molecule has 1 aliphatic heterocycles. The predicted octanol–water partition coefficient (Wildman–Crippen LogP) is 2.02. The third-order valence-corrected chi connectivity index (χ3v) is 2.20. The van der Waals surface area contributed by atoms with E-state index in [-0.39, 0.29) is 0 Å². The van der Waals surface area contributed by atoms with Crippen molar-refractivity contribution in [2.45, 2.75) is 0 Å². The van der Waals surface area contributed by atoms with Gasteiger partial charge in [0.15, 0.2) is 11.5 Å². The Kier molecular flexibility index (Phi) is 1.44. The van der Waals surface area contributed by atoms with Gasteiger partial charge in [0.25, 0.3) is 0 Å². The van der Waals surface area contributed by atoms with Crippen molar-refractivity contribution >= 4 is 22.6 Å². The molecule has 0 spiro atoms. The van der Waals surface area contributed by atoms with Gasteiger partial charge in [-0.05, 0) is 34.7 Å². The molecule has 0 bridgehead atoms. The van der Waals surface area contributed by atoms with Crippen molar-refractivity contribution in [3.05, 3.63) is 21.8 Å². The fourth-order valence-corrected chi connectivity index (χ4v) is 1.52. The van der Waals surface area contributed by atoms with Crippen molar-refractivity contribution in [1.82, 2.24) is 0 Å². The second-order valence-electron chi connectivity index (χ2n) is 1.97. The molecule has 0 fully saturated rings. The lowest BCUT2D eigenvalue weighted by molar-refractivity contribution is 0.173. The summed E-state index contributed by atoms with van der Waals surface area (Å²) >= 11 is 2.22. The van der Waals surface area contributed by atoms with Gasteiger partial charge in [-0.1, -0.05) is 6.07 Å². The maximum Gasteiger partial charge on any atom is 0.231 e. The van der Waals surface area contributed by atoms with E-state index in [2.05, 4.69) is 22.6 Å². The zero-order valence-corrected chi connectivity index (χ0v) is 7.29. The van der Waals surface area contributed by atoms with E-state index in [1.807, 2.05) is 18.2 Å². The molecule has 0 aromatic heterocycles. The number of halogens is 1. The van der Waals surface area contributed by atoms with Crippen LogP contribution >= 0.6 is 22.6 Å². The average Bonchev–Trinajstić information content (AvgIpc) is 2.36. The Hall–Kier alpha value is -0.450. The largest absolute Gasteiger partial charge is 0.454 e. The van der Waals surface area contributed by atoms with Crippen LogP contribution in [-0.4, -0.2) is 6.79 Å². The monoisotopic (exact) mass is 248 g/mol. The lowest BCUT2D eigenvalue weighted by Gasteiger charge is -1.95. The zero-order chi connectivity index (χ0) is 6.97. The Morgan fingerprint density at radius 2 is 2.20 bits per heavy atom. The Morgan fingerprint density at radius 3 is 3.00 bits per heavy atom. The van der Waals surface area contributed by atoms with Gasteiger partial charge in [0.1, 0.15) is 0 Å². The van der Waals surface area contributed by atoms with Crippen molar-refractivity contribution in [1.29, 1.82) is 0 Å². The van der Waals surface area contributed by atoms with E-state index in [0.717, 1.165) is 15.1 Å². The van der Waals surface area contributed by atoms with Gasteiger partial charge in [-0.25, -0.2) is 0 Å². The minimum absolute atomic E-state index is 0.356. The smallest absolute Gasteiger partial charge is 0.231 e. The maximum atomic E-state index is 5.20. The van der Waals surface area contributed by atoms with E-state index < -0.39 is 0 Å². The first-order chi connectivity index (χ1) is 4.88. The maximum absolute atomic E-state index is 5.20. The first kappa shape index (κ1) is 6.27. The molecule has 2 rings (SSSR count). The normalized spacial score (nSPS) is 13.7. The molecule has 1 aromatic carbocycles. The summed E-state index contributed by atoms with van der Waals surface area (Å²) in [6.45, 7) is 0.356. The Morgan fingerprint density at radius 1 is 1.30 bits per heavy atom. The van der Waals surface area contributed by atoms with Crippen molar-refractivity contribution < 1.29 is 9.47 Å².